The SMILES string of the molecule is C[C@@H](NC(=O)C1CC12CCNCC2)c1nnc2n1CCCCC2.Cl.Cl. The fourth-order valence-corrected chi connectivity index (χ4v) is 4.40. The number of amides is 1. The van der Waals surface area contributed by atoms with E-state index in [1.54, 1.807) is 0 Å². The summed E-state index contributed by atoms with van der Waals surface area (Å²) in [6.07, 6.45) is 7.97. The monoisotopic (exact) mass is 389 g/mol. The first kappa shape index (κ1) is 20.5. The number of piperidine rings is 1. The number of hydrogen-bond donors (Lipinski definition) is 2. The van der Waals surface area contributed by atoms with Crippen LogP contribution in [0.3, 0.4) is 0 Å². The highest BCUT2D eigenvalue weighted by molar-refractivity contribution is 5.85. The van der Waals surface area contributed by atoms with E-state index in [0.717, 1.165) is 57.0 Å². The molecule has 2 fully saturated rings. The fraction of sp³-hybridized carbons (Fsp3) is 0.824. The second-order valence-electron chi connectivity index (χ2n) is 7.54. The second kappa shape index (κ2) is 8.23. The maximum absolute atomic E-state index is 12.6. The lowest BCUT2D eigenvalue weighted by Gasteiger charge is -2.23. The molecule has 3 aliphatic rings. The van der Waals surface area contributed by atoms with Crippen LogP contribution in [0.2, 0.25) is 0 Å². The van der Waals surface area contributed by atoms with E-state index < -0.39 is 0 Å². The third-order valence-electron chi connectivity index (χ3n) is 5.99. The molecule has 8 heteroatoms. The van der Waals surface area contributed by atoms with Crippen molar-refractivity contribution in [3.8, 4) is 0 Å². The quantitative estimate of drug-likeness (QED) is 0.832. The van der Waals surface area contributed by atoms with Gasteiger partial charge in [-0.2, -0.15) is 0 Å². The standard InChI is InChI=1S/C17H27N5O.2ClH/c1-12(15-21-20-14-5-3-2-4-10-22(14)15)19-16(23)13-11-17(13)6-8-18-9-7-17;;/h12-13,18H,2-11H2,1H3,(H,19,23);2*1H/t12-,13?;;/m1../s1. The van der Waals surface area contributed by atoms with Gasteiger partial charge in [-0.05, 0) is 57.5 Å². The van der Waals surface area contributed by atoms with E-state index in [9.17, 15) is 4.79 Å². The van der Waals surface area contributed by atoms with E-state index in [0.29, 0.717) is 0 Å². The molecule has 3 heterocycles. The molecule has 1 spiro atoms. The summed E-state index contributed by atoms with van der Waals surface area (Å²) in [5.74, 6) is 2.43. The molecule has 2 N–H and O–H groups in total. The number of rotatable bonds is 3. The summed E-state index contributed by atoms with van der Waals surface area (Å²) in [6, 6.07) is -0.0544. The summed E-state index contributed by atoms with van der Waals surface area (Å²) >= 11 is 0. The maximum atomic E-state index is 12.6. The summed E-state index contributed by atoms with van der Waals surface area (Å²) in [5, 5.41) is 15.3. The van der Waals surface area contributed by atoms with Crippen molar-refractivity contribution in [1.82, 2.24) is 25.4 Å². The number of nitrogens with one attached hydrogen (secondary N) is 2. The van der Waals surface area contributed by atoms with E-state index in [1.165, 1.54) is 19.3 Å². The summed E-state index contributed by atoms with van der Waals surface area (Å²) < 4.78 is 2.23. The van der Waals surface area contributed by atoms with E-state index in [-0.39, 0.29) is 48.1 Å². The Labute approximate surface area is 161 Å². The first-order chi connectivity index (χ1) is 11.2. The Morgan fingerprint density at radius 1 is 1.24 bits per heavy atom. The van der Waals surface area contributed by atoms with Crippen molar-refractivity contribution < 1.29 is 4.79 Å². The fourth-order valence-electron chi connectivity index (χ4n) is 4.40. The minimum Gasteiger partial charge on any atom is -0.346 e. The lowest BCUT2D eigenvalue weighted by molar-refractivity contribution is -0.124. The summed E-state index contributed by atoms with van der Waals surface area (Å²) in [4.78, 5) is 12.6. The second-order valence-corrected chi connectivity index (χ2v) is 7.54. The topological polar surface area (TPSA) is 71.8 Å². The van der Waals surface area contributed by atoms with Crippen molar-refractivity contribution in [2.75, 3.05) is 13.1 Å². The molecule has 142 valence electrons. The Morgan fingerprint density at radius 3 is 2.76 bits per heavy atom. The van der Waals surface area contributed by atoms with Crippen molar-refractivity contribution in [2.45, 2.75) is 64.5 Å². The van der Waals surface area contributed by atoms with Gasteiger partial charge in [-0.3, -0.25) is 4.79 Å². The number of aryl methyl sites for hydroxylation is 1. The molecule has 25 heavy (non-hydrogen) atoms. The molecular weight excluding hydrogens is 361 g/mol. The van der Waals surface area contributed by atoms with Gasteiger partial charge in [-0.1, -0.05) is 6.42 Å². The highest BCUT2D eigenvalue weighted by Gasteiger charge is 2.57. The summed E-state index contributed by atoms with van der Waals surface area (Å²) in [5.41, 5.74) is 0.288. The third-order valence-corrected chi connectivity index (χ3v) is 5.99. The van der Waals surface area contributed by atoms with Crippen LogP contribution in [0.4, 0.5) is 0 Å². The van der Waals surface area contributed by atoms with E-state index in [1.807, 2.05) is 6.92 Å². The minimum atomic E-state index is -0.0544. The molecule has 0 aromatic carbocycles. The van der Waals surface area contributed by atoms with Gasteiger partial charge in [0.2, 0.25) is 5.91 Å². The molecule has 1 aromatic rings. The number of hydrogen-bond acceptors (Lipinski definition) is 4. The Morgan fingerprint density at radius 2 is 2.00 bits per heavy atom. The van der Waals surface area contributed by atoms with Gasteiger partial charge < -0.3 is 15.2 Å². The van der Waals surface area contributed by atoms with Gasteiger partial charge in [0.1, 0.15) is 5.82 Å². The van der Waals surface area contributed by atoms with Gasteiger partial charge in [0.05, 0.1) is 6.04 Å². The maximum Gasteiger partial charge on any atom is 0.224 e. The van der Waals surface area contributed by atoms with Crippen LogP contribution in [-0.4, -0.2) is 33.8 Å². The summed E-state index contributed by atoms with van der Waals surface area (Å²) in [7, 11) is 0. The van der Waals surface area contributed by atoms with Gasteiger partial charge in [-0.25, -0.2) is 0 Å². The van der Waals surface area contributed by atoms with Crippen LogP contribution < -0.4 is 10.6 Å². The molecule has 1 saturated carbocycles. The molecular formula is C17H29Cl2N5O. The zero-order chi connectivity index (χ0) is 15.9. The van der Waals surface area contributed by atoms with Crippen molar-refractivity contribution in [3.05, 3.63) is 11.6 Å². The number of halogens is 2. The normalized spacial score (nSPS) is 24.9. The largest absolute Gasteiger partial charge is 0.346 e. The number of carbonyl (C=O) groups excluding carboxylic acids is 1. The van der Waals surface area contributed by atoms with Crippen molar-refractivity contribution in [2.24, 2.45) is 11.3 Å². The molecule has 1 unspecified atom stereocenters. The molecule has 1 saturated heterocycles. The lowest BCUT2D eigenvalue weighted by Crippen LogP contribution is -2.35. The van der Waals surface area contributed by atoms with Gasteiger partial charge >= 0.3 is 0 Å². The Balaban J connectivity index is 0.00000113. The number of fused-ring (bicyclic) bond motifs is 1. The van der Waals surface area contributed by atoms with Gasteiger partial charge in [-0.15, -0.1) is 35.0 Å². The highest BCUT2D eigenvalue weighted by atomic mass is 35.5. The molecule has 2 atom stereocenters. The molecule has 1 aliphatic carbocycles. The summed E-state index contributed by atoms with van der Waals surface area (Å²) in [6.45, 7) is 5.13. The van der Waals surface area contributed by atoms with Crippen molar-refractivity contribution in [1.29, 1.82) is 0 Å². The Bertz CT molecular complexity index is 600. The predicted octanol–water partition coefficient (Wildman–Crippen LogP) is 2.42. The Kier molecular flexibility index (Phi) is 6.74. The van der Waals surface area contributed by atoms with Crippen LogP contribution in [0.15, 0.2) is 0 Å². The molecule has 2 aliphatic heterocycles. The van der Waals surface area contributed by atoms with Crippen LogP contribution in [-0.2, 0) is 17.8 Å². The number of carbonyl (C=O) groups is 1. The molecule has 1 amide bonds. The van der Waals surface area contributed by atoms with Gasteiger partial charge in [0.25, 0.3) is 0 Å². The lowest BCUT2D eigenvalue weighted by atomic mass is 9.91. The van der Waals surface area contributed by atoms with E-state index in [2.05, 4.69) is 25.4 Å². The molecule has 0 radical (unpaired) electrons. The highest BCUT2D eigenvalue weighted by Crippen LogP contribution is 2.58. The average Bonchev–Trinajstić information content (AvgIpc) is 3.17. The van der Waals surface area contributed by atoms with Crippen LogP contribution in [0, 0.1) is 11.3 Å². The van der Waals surface area contributed by atoms with Crippen molar-refractivity contribution in [3.63, 3.8) is 0 Å². The first-order valence-electron chi connectivity index (χ1n) is 9.13. The predicted molar refractivity (Wildman–Crippen MR) is 101 cm³/mol. The van der Waals surface area contributed by atoms with Crippen LogP contribution >= 0.6 is 24.8 Å². The van der Waals surface area contributed by atoms with Crippen LogP contribution in [0.5, 0.6) is 0 Å². The van der Waals surface area contributed by atoms with E-state index >= 15 is 0 Å². The average molecular weight is 390 g/mol. The number of aromatic nitrogens is 3. The molecule has 1 aromatic heterocycles. The Hall–Kier alpha value is -0.850. The first-order valence-corrected chi connectivity index (χ1v) is 9.13. The van der Waals surface area contributed by atoms with Gasteiger partial charge in [0, 0.05) is 18.9 Å². The molecule has 6 nitrogen and oxygen atoms in total. The van der Waals surface area contributed by atoms with Crippen LogP contribution in [0.1, 0.15) is 63.1 Å². The van der Waals surface area contributed by atoms with Crippen molar-refractivity contribution >= 4 is 30.7 Å². The zero-order valence-electron chi connectivity index (χ0n) is 14.8. The molecule has 4 rings (SSSR count). The smallest absolute Gasteiger partial charge is 0.224 e. The molecule has 0 bridgehead atoms. The van der Waals surface area contributed by atoms with E-state index in [4.69, 9.17) is 0 Å². The third kappa shape index (κ3) is 3.96. The minimum absolute atomic E-state index is 0. The zero-order valence-corrected chi connectivity index (χ0v) is 16.4. The number of nitrogens with zero attached hydrogens (tertiary/aromatic N) is 3. The van der Waals surface area contributed by atoms with Crippen LogP contribution in [0.25, 0.3) is 0 Å². The van der Waals surface area contributed by atoms with Gasteiger partial charge in [0.15, 0.2) is 5.82 Å².